The highest BCUT2D eigenvalue weighted by molar-refractivity contribution is 6.09. The van der Waals surface area contributed by atoms with Gasteiger partial charge in [0.15, 0.2) is 0 Å². The Balaban J connectivity index is 2.58. The van der Waals surface area contributed by atoms with Crippen molar-refractivity contribution >= 4 is 27.5 Å². The molecule has 0 unspecified atom stereocenters. The lowest BCUT2D eigenvalue weighted by molar-refractivity contribution is 1.15. The van der Waals surface area contributed by atoms with Crippen molar-refractivity contribution in [2.45, 2.75) is 20.8 Å². The van der Waals surface area contributed by atoms with E-state index in [9.17, 15) is 0 Å². The largest absolute Gasteiger partial charge is 0.313 e. The molecule has 0 aliphatic rings. The molecule has 1 heteroatoms. The lowest BCUT2D eigenvalue weighted by atomic mass is 10.2. The van der Waals surface area contributed by atoms with E-state index in [0.717, 1.165) is 0 Å². The van der Waals surface area contributed by atoms with E-state index >= 15 is 0 Å². The fourth-order valence-electron chi connectivity index (χ4n) is 2.51. The normalized spacial score (nSPS) is 11.1. The number of rotatable bonds is 1. The molecule has 0 bridgehead atoms. The van der Waals surface area contributed by atoms with E-state index in [-0.39, 0.29) is 0 Å². The third-order valence-corrected chi connectivity index (χ3v) is 3.64. The second-order valence-corrected chi connectivity index (χ2v) is 4.96. The highest BCUT2D eigenvalue weighted by Crippen LogP contribution is 2.31. The second-order valence-electron chi connectivity index (χ2n) is 4.96. The molecule has 0 fully saturated rings. The van der Waals surface area contributed by atoms with Gasteiger partial charge < -0.3 is 4.57 Å². The van der Waals surface area contributed by atoms with Gasteiger partial charge in [-0.1, -0.05) is 42.0 Å². The molecule has 90 valence electrons. The van der Waals surface area contributed by atoms with Crippen molar-refractivity contribution in [1.82, 2.24) is 4.57 Å². The van der Waals surface area contributed by atoms with Gasteiger partial charge in [-0.05, 0) is 32.9 Å². The maximum Gasteiger partial charge on any atom is 0.0537 e. The van der Waals surface area contributed by atoms with Crippen LogP contribution in [0.4, 0.5) is 0 Å². The van der Waals surface area contributed by atoms with Crippen molar-refractivity contribution in [3.05, 3.63) is 54.1 Å². The molecule has 0 aliphatic heterocycles. The van der Waals surface area contributed by atoms with Crippen LogP contribution in [0, 0.1) is 0 Å². The summed E-state index contributed by atoms with van der Waals surface area (Å²) in [6.07, 6.45) is 0. The molecule has 0 radical (unpaired) electrons. The summed E-state index contributed by atoms with van der Waals surface area (Å²) in [5, 5.41) is 2.66. The van der Waals surface area contributed by atoms with Crippen LogP contribution in [0.2, 0.25) is 0 Å². The van der Waals surface area contributed by atoms with E-state index in [0.29, 0.717) is 0 Å². The molecule has 1 aromatic heterocycles. The number of para-hydroxylation sites is 2. The Hall–Kier alpha value is -2.02. The molecule has 1 heterocycles. The Morgan fingerprint density at radius 1 is 0.722 bits per heavy atom. The first-order chi connectivity index (χ1) is 8.70. The minimum absolute atomic E-state index is 1.29. The lowest BCUT2D eigenvalue weighted by Gasteiger charge is -2.09. The molecule has 0 N–H and O–H groups in total. The van der Waals surface area contributed by atoms with Crippen molar-refractivity contribution in [1.29, 1.82) is 0 Å². The van der Waals surface area contributed by atoms with Gasteiger partial charge in [-0.3, -0.25) is 0 Å². The van der Waals surface area contributed by atoms with Crippen LogP contribution in [0.1, 0.15) is 20.8 Å². The molecule has 3 aromatic rings. The van der Waals surface area contributed by atoms with Crippen LogP contribution < -0.4 is 0 Å². The monoisotopic (exact) mass is 235 g/mol. The highest BCUT2D eigenvalue weighted by Gasteiger charge is 2.10. The van der Waals surface area contributed by atoms with Crippen LogP contribution in [0.5, 0.6) is 0 Å². The third kappa shape index (κ3) is 1.47. The predicted molar refractivity (Wildman–Crippen MR) is 79.7 cm³/mol. The number of hydrogen-bond acceptors (Lipinski definition) is 0. The van der Waals surface area contributed by atoms with Crippen molar-refractivity contribution in [3.8, 4) is 0 Å². The Morgan fingerprint density at radius 2 is 1.17 bits per heavy atom. The Bertz CT molecular complexity index is 702. The van der Waals surface area contributed by atoms with Crippen LogP contribution in [0.25, 0.3) is 27.5 Å². The summed E-state index contributed by atoms with van der Waals surface area (Å²) in [5.74, 6) is 0. The van der Waals surface area contributed by atoms with Crippen LogP contribution in [0.3, 0.4) is 0 Å². The molecule has 0 amide bonds. The zero-order valence-electron chi connectivity index (χ0n) is 11.1. The van der Waals surface area contributed by atoms with Gasteiger partial charge in [-0.2, -0.15) is 0 Å². The summed E-state index contributed by atoms with van der Waals surface area (Å²) in [6.45, 7) is 6.52. The maximum absolute atomic E-state index is 2.36. The zero-order chi connectivity index (χ0) is 12.7. The molecule has 0 aliphatic carbocycles. The number of nitrogens with zero attached hydrogens (tertiary/aromatic N) is 1. The Morgan fingerprint density at radius 3 is 1.61 bits per heavy atom. The molecule has 0 saturated heterocycles. The van der Waals surface area contributed by atoms with Crippen LogP contribution in [-0.2, 0) is 0 Å². The molecule has 0 atom stereocenters. The summed E-state index contributed by atoms with van der Waals surface area (Å²) in [4.78, 5) is 0. The van der Waals surface area contributed by atoms with E-state index in [1.807, 2.05) is 0 Å². The number of hydrogen-bond donors (Lipinski definition) is 0. The summed E-state index contributed by atoms with van der Waals surface area (Å²) in [5.41, 5.74) is 5.24. The minimum Gasteiger partial charge on any atom is -0.313 e. The molecular weight excluding hydrogens is 218 g/mol. The van der Waals surface area contributed by atoms with Crippen LogP contribution in [-0.4, -0.2) is 4.57 Å². The average molecular weight is 235 g/mol. The molecule has 1 nitrogen and oxygen atoms in total. The average Bonchev–Trinajstić information content (AvgIpc) is 2.72. The van der Waals surface area contributed by atoms with E-state index in [4.69, 9.17) is 0 Å². The van der Waals surface area contributed by atoms with Gasteiger partial charge in [0.05, 0.1) is 11.0 Å². The summed E-state index contributed by atoms with van der Waals surface area (Å²) in [6, 6.07) is 17.2. The molecular formula is C17H17N. The summed E-state index contributed by atoms with van der Waals surface area (Å²) < 4.78 is 2.36. The van der Waals surface area contributed by atoms with Crippen LogP contribution in [0.15, 0.2) is 54.1 Å². The number of benzene rings is 2. The Labute approximate surface area is 107 Å². The van der Waals surface area contributed by atoms with Crippen molar-refractivity contribution < 1.29 is 0 Å². The van der Waals surface area contributed by atoms with Crippen molar-refractivity contribution in [2.75, 3.05) is 0 Å². The second kappa shape index (κ2) is 4.02. The predicted octanol–water partition coefficient (Wildman–Crippen LogP) is 5.07. The number of fused-ring (bicyclic) bond motifs is 3. The summed E-state index contributed by atoms with van der Waals surface area (Å²) >= 11 is 0. The first-order valence-corrected chi connectivity index (χ1v) is 6.33. The van der Waals surface area contributed by atoms with Crippen molar-refractivity contribution in [2.24, 2.45) is 0 Å². The molecule has 0 saturated carbocycles. The van der Waals surface area contributed by atoms with E-state index in [1.165, 1.54) is 33.1 Å². The van der Waals surface area contributed by atoms with Gasteiger partial charge in [0.2, 0.25) is 0 Å². The first-order valence-electron chi connectivity index (χ1n) is 6.33. The van der Waals surface area contributed by atoms with E-state index in [2.05, 4.69) is 73.9 Å². The lowest BCUT2D eigenvalue weighted by Crippen LogP contribution is -1.94. The van der Waals surface area contributed by atoms with Gasteiger partial charge in [0.25, 0.3) is 0 Å². The van der Waals surface area contributed by atoms with Crippen LogP contribution >= 0.6 is 0 Å². The van der Waals surface area contributed by atoms with Gasteiger partial charge in [-0.25, -0.2) is 0 Å². The zero-order valence-corrected chi connectivity index (χ0v) is 11.1. The van der Waals surface area contributed by atoms with Crippen molar-refractivity contribution in [3.63, 3.8) is 0 Å². The maximum atomic E-state index is 2.36. The fraction of sp³-hybridized carbons (Fsp3) is 0.176. The topological polar surface area (TPSA) is 4.93 Å². The first kappa shape index (κ1) is 11.1. The molecule has 0 spiro atoms. The number of aromatic nitrogens is 1. The molecule has 2 aromatic carbocycles. The third-order valence-electron chi connectivity index (χ3n) is 3.64. The van der Waals surface area contributed by atoms with E-state index < -0.39 is 0 Å². The quantitative estimate of drug-likeness (QED) is 0.555. The van der Waals surface area contributed by atoms with E-state index in [1.54, 1.807) is 0 Å². The Kier molecular flexibility index (Phi) is 2.48. The minimum atomic E-state index is 1.29. The SMILES string of the molecule is CC(C)=C(C)n1c2ccccc2c2ccccc21. The van der Waals surface area contributed by atoms with Gasteiger partial charge >= 0.3 is 0 Å². The highest BCUT2D eigenvalue weighted by atomic mass is 15.0. The molecule has 18 heavy (non-hydrogen) atoms. The van der Waals surface area contributed by atoms with Gasteiger partial charge in [0.1, 0.15) is 0 Å². The summed E-state index contributed by atoms with van der Waals surface area (Å²) in [7, 11) is 0. The molecule has 3 rings (SSSR count). The smallest absolute Gasteiger partial charge is 0.0537 e. The fourth-order valence-corrected chi connectivity index (χ4v) is 2.51. The standard InChI is InChI=1S/C17H17N/c1-12(2)13(3)18-16-10-6-4-8-14(16)15-9-5-7-11-17(15)18/h4-11H,1-3H3. The van der Waals surface area contributed by atoms with Gasteiger partial charge in [0, 0.05) is 16.5 Å². The number of allylic oxidation sites excluding steroid dienone is 2. The van der Waals surface area contributed by atoms with Gasteiger partial charge in [-0.15, -0.1) is 0 Å².